The first-order valence-electron chi connectivity index (χ1n) is 7.29. The minimum atomic E-state index is 0.938. The number of pyridine rings is 2. The molecular formula is C19H15N3. The summed E-state index contributed by atoms with van der Waals surface area (Å²) >= 11 is 0. The van der Waals surface area contributed by atoms with Crippen molar-refractivity contribution in [3.05, 3.63) is 78.0 Å². The average molecular weight is 285 g/mol. The van der Waals surface area contributed by atoms with Gasteiger partial charge >= 0.3 is 0 Å². The van der Waals surface area contributed by atoms with Gasteiger partial charge in [-0.2, -0.15) is 0 Å². The molecule has 0 amide bonds. The standard InChI is InChI=1S/C19H15N3/c1-14-20-18(19-8-4-5-13-22(14)19)12-11-16-10-9-15-6-2-3-7-17(15)21-16/h2-13H,1H3/b12-11+. The third kappa shape index (κ3) is 2.17. The van der Waals surface area contributed by atoms with E-state index in [0.29, 0.717) is 0 Å². The molecule has 0 spiro atoms. The van der Waals surface area contributed by atoms with E-state index >= 15 is 0 Å². The first-order chi connectivity index (χ1) is 10.8. The molecule has 3 heteroatoms. The Balaban J connectivity index is 1.75. The van der Waals surface area contributed by atoms with Gasteiger partial charge in [0.05, 0.1) is 22.4 Å². The van der Waals surface area contributed by atoms with Crippen LogP contribution in [0.1, 0.15) is 17.2 Å². The Morgan fingerprint density at radius 2 is 1.73 bits per heavy atom. The fourth-order valence-electron chi connectivity index (χ4n) is 2.68. The predicted octanol–water partition coefficient (Wildman–Crippen LogP) is 4.36. The number of nitrogens with zero attached hydrogens (tertiary/aromatic N) is 3. The van der Waals surface area contributed by atoms with Gasteiger partial charge in [0, 0.05) is 11.6 Å². The molecule has 1 aromatic carbocycles. The van der Waals surface area contributed by atoms with E-state index in [1.54, 1.807) is 0 Å². The summed E-state index contributed by atoms with van der Waals surface area (Å²) in [6.45, 7) is 2.01. The van der Waals surface area contributed by atoms with Crippen molar-refractivity contribution in [3.63, 3.8) is 0 Å². The van der Waals surface area contributed by atoms with Gasteiger partial charge in [-0.1, -0.05) is 30.3 Å². The van der Waals surface area contributed by atoms with E-state index < -0.39 is 0 Å². The van der Waals surface area contributed by atoms with Crippen LogP contribution in [0.2, 0.25) is 0 Å². The van der Waals surface area contributed by atoms with Gasteiger partial charge in [0.25, 0.3) is 0 Å². The molecule has 22 heavy (non-hydrogen) atoms. The lowest BCUT2D eigenvalue weighted by Crippen LogP contribution is -1.84. The van der Waals surface area contributed by atoms with Crippen LogP contribution in [0, 0.1) is 6.92 Å². The van der Waals surface area contributed by atoms with Crippen LogP contribution in [-0.2, 0) is 0 Å². The van der Waals surface area contributed by atoms with Crippen molar-refractivity contribution < 1.29 is 0 Å². The van der Waals surface area contributed by atoms with Crippen LogP contribution < -0.4 is 0 Å². The summed E-state index contributed by atoms with van der Waals surface area (Å²) in [5.74, 6) is 0.988. The number of benzene rings is 1. The Labute approximate surface area is 128 Å². The molecule has 3 aromatic heterocycles. The second-order valence-corrected chi connectivity index (χ2v) is 5.26. The van der Waals surface area contributed by atoms with Crippen LogP contribution in [0.25, 0.3) is 28.6 Å². The van der Waals surface area contributed by atoms with Crippen molar-refractivity contribution in [2.24, 2.45) is 0 Å². The van der Waals surface area contributed by atoms with Gasteiger partial charge in [0.1, 0.15) is 5.82 Å². The number of aromatic nitrogens is 3. The smallest absolute Gasteiger partial charge is 0.110 e. The summed E-state index contributed by atoms with van der Waals surface area (Å²) in [6, 6.07) is 18.4. The summed E-state index contributed by atoms with van der Waals surface area (Å²) < 4.78 is 2.09. The highest BCUT2D eigenvalue weighted by atomic mass is 15.0. The number of aryl methyl sites for hydroxylation is 1. The Bertz CT molecular complexity index is 996. The minimum Gasteiger partial charge on any atom is -0.303 e. The van der Waals surface area contributed by atoms with Gasteiger partial charge in [-0.15, -0.1) is 0 Å². The Morgan fingerprint density at radius 3 is 2.68 bits per heavy atom. The highest BCUT2D eigenvalue weighted by Crippen LogP contribution is 2.17. The molecule has 0 saturated carbocycles. The zero-order valence-corrected chi connectivity index (χ0v) is 12.3. The third-order valence-electron chi connectivity index (χ3n) is 3.79. The molecule has 4 rings (SSSR count). The first-order valence-corrected chi connectivity index (χ1v) is 7.29. The van der Waals surface area contributed by atoms with Gasteiger partial charge in [-0.3, -0.25) is 0 Å². The number of imidazole rings is 1. The zero-order valence-electron chi connectivity index (χ0n) is 12.3. The van der Waals surface area contributed by atoms with Crippen LogP contribution in [0.5, 0.6) is 0 Å². The number of hydrogen-bond acceptors (Lipinski definition) is 2. The number of rotatable bonds is 2. The maximum Gasteiger partial charge on any atom is 0.110 e. The molecule has 0 unspecified atom stereocenters. The van der Waals surface area contributed by atoms with E-state index in [-0.39, 0.29) is 0 Å². The summed E-state index contributed by atoms with van der Waals surface area (Å²) in [7, 11) is 0. The van der Waals surface area contributed by atoms with Crippen LogP contribution >= 0.6 is 0 Å². The highest BCUT2D eigenvalue weighted by Gasteiger charge is 2.04. The van der Waals surface area contributed by atoms with Gasteiger partial charge in [-0.05, 0) is 43.3 Å². The Morgan fingerprint density at radius 1 is 0.864 bits per heavy atom. The average Bonchev–Trinajstić information content (AvgIpc) is 2.89. The molecule has 0 aliphatic heterocycles. The monoisotopic (exact) mass is 285 g/mol. The van der Waals surface area contributed by atoms with E-state index in [2.05, 4.69) is 32.6 Å². The van der Waals surface area contributed by atoms with Gasteiger partial charge in [0.15, 0.2) is 0 Å². The Hall–Kier alpha value is -2.94. The molecule has 0 atom stereocenters. The number of fused-ring (bicyclic) bond motifs is 2. The van der Waals surface area contributed by atoms with Crippen molar-refractivity contribution in [2.75, 3.05) is 0 Å². The quantitative estimate of drug-likeness (QED) is 0.547. The maximum absolute atomic E-state index is 4.66. The molecule has 0 bridgehead atoms. The van der Waals surface area contributed by atoms with Crippen molar-refractivity contribution in [1.82, 2.24) is 14.4 Å². The fourth-order valence-corrected chi connectivity index (χ4v) is 2.68. The number of para-hydroxylation sites is 1. The van der Waals surface area contributed by atoms with Gasteiger partial charge in [0.2, 0.25) is 0 Å². The van der Waals surface area contributed by atoms with E-state index in [4.69, 9.17) is 0 Å². The van der Waals surface area contributed by atoms with Crippen molar-refractivity contribution in [3.8, 4) is 0 Å². The molecule has 106 valence electrons. The SMILES string of the molecule is Cc1nc(/C=C/c2ccc3ccccc3n2)c2ccccn12. The molecule has 3 heterocycles. The first kappa shape index (κ1) is 12.8. The Kier molecular flexibility index (Phi) is 2.97. The van der Waals surface area contributed by atoms with E-state index in [1.807, 2.05) is 61.7 Å². The lowest BCUT2D eigenvalue weighted by molar-refractivity contribution is 1.04. The molecule has 0 aliphatic carbocycles. The van der Waals surface area contributed by atoms with Crippen LogP contribution in [0.4, 0.5) is 0 Å². The van der Waals surface area contributed by atoms with E-state index in [9.17, 15) is 0 Å². The van der Waals surface area contributed by atoms with Crippen molar-refractivity contribution in [1.29, 1.82) is 0 Å². The van der Waals surface area contributed by atoms with Crippen molar-refractivity contribution >= 4 is 28.6 Å². The van der Waals surface area contributed by atoms with Gasteiger partial charge < -0.3 is 4.40 Å². The minimum absolute atomic E-state index is 0.938. The second-order valence-electron chi connectivity index (χ2n) is 5.26. The molecule has 0 N–H and O–H groups in total. The largest absolute Gasteiger partial charge is 0.303 e. The predicted molar refractivity (Wildman–Crippen MR) is 90.6 cm³/mol. The van der Waals surface area contributed by atoms with E-state index in [1.165, 1.54) is 0 Å². The molecule has 4 aromatic rings. The third-order valence-corrected chi connectivity index (χ3v) is 3.79. The zero-order chi connectivity index (χ0) is 14.9. The normalized spacial score (nSPS) is 11.7. The molecular weight excluding hydrogens is 270 g/mol. The van der Waals surface area contributed by atoms with Gasteiger partial charge in [-0.25, -0.2) is 9.97 Å². The molecule has 0 aliphatic rings. The maximum atomic E-state index is 4.66. The number of hydrogen-bond donors (Lipinski definition) is 0. The van der Waals surface area contributed by atoms with Crippen LogP contribution in [-0.4, -0.2) is 14.4 Å². The summed E-state index contributed by atoms with van der Waals surface area (Å²) in [5, 5.41) is 1.16. The molecule has 3 nitrogen and oxygen atoms in total. The highest BCUT2D eigenvalue weighted by molar-refractivity contribution is 5.81. The fraction of sp³-hybridized carbons (Fsp3) is 0.0526. The summed E-state index contributed by atoms with van der Waals surface area (Å²) in [6.07, 6.45) is 6.07. The summed E-state index contributed by atoms with van der Waals surface area (Å²) in [4.78, 5) is 9.27. The second kappa shape index (κ2) is 5.11. The lowest BCUT2D eigenvalue weighted by atomic mass is 10.2. The topological polar surface area (TPSA) is 30.2 Å². The lowest BCUT2D eigenvalue weighted by Gasteiger charge is -1.98. The van der Waals surface area contributed by atoms with Crippen molar-refractivity contribution in [2.45, 2.75) is 6.92 Å². The van der Waals surface area contributed by atoms with E-state index in [0.717, 1.165) is 33.6 Å². The van der Waals surface area contributed by atoms with Crippen LogP contribution in [0.15, 0.2) is 60.8 Å². The van der Waals surface area contributed by atoms with Crippen LogP contribution in [0.3, 0.4) is 0 Å². The molecule has 0 radical (unpaired) electrons. The summed E-state index contributed by atoms with van der Waals surface area (Å²) in [5.41, 5.74) is 4.02. The molecule has 0 saturated heterocycles. The molecule has 0 fully saturated rings.